The van der Waals surface area contributed by atoms with Gasteiger partial charge in [0.15, 0.2) is 11.5 Å². The maximum Gasteiger partial charge on any atom is 0.295 e. The van der Waals surface area contributed by atoms with Crippen LogP contribution >= 0.6 is 0 Å². The number of hydrogen-bond donors (Lipinski definition) is 3. The summed E-state index contributed by atoms with van der Waals surface area (Å²) in [4.78, 5) is -1.45. The molecule has 0 fully saturated rings. The van der Waals surface area contributed by atoms with Crippen molar-refractivity contribution in [3.05, 3.63) is 48.5 Å². The van der Waals surface area contributed by atoms with Crippen molar-refractivity contribution in [1.29, 1.82) is 0 Å². The van der Waals surface area contributed by atoms with Gasteiger partial charge in [0.25, 0.3) is 20.2 Å². The number of phenols is 1. The SMILES string of the molecule is COc1cc(N=Nc2cccc3cc(S(=O)(=O)O)cc(S(=O)(=O)O)c23)ccc1O. The van der Waals surface area contributed by atoms with E-state index in [1.54, 1.807) is 0 Å². The molecular formula is C17H14N2O8S2. The van der Waals surface area contributed by atoms with Crippen LogP contribution in [0.2, 0.25) is 0 Å². The number of phenolic OH excluding ortho intramolecular Hbond substituents is 1. The molecule has 0 amide bonds. The van der Waals surface area contributed by atoms with Crippen molar-refractivity contribution in [2.24, 2.45) is 10.2 Å². The third-order valence-electron chi connectivity index (χ3n) is 3.90. The molecule has 0 aromatic heterocycles. The van der Waals surface area contributed by atoms with Crippen LogP contribution in [0.4, 0.5) is 11.4 Å². The molecule has 12 heteroatoms. The van der Waals surface area contributed by atoms with E-state index < -0.39 is 30.0 Å². The molecule has 0 bridgehead atoms. The van der Waals surface area contributed by atoms with E-state index in [1.165, 1.54) is 43.5 Å². The Labute approximate surface area is 165 Å². The van der Waals surface area contributed by atoms with Gasteiger partial charge in [-0.05, 0) is 35.7 Å². The summed E-state index contributed by atoms with van der Waals surface area (Å²) in [7, 11) is -8.24. The quantitative estimate of drug-likeness (QED) is 0.403. The van der Waals surface area contributed by atoms with Gasteiger partial charge >= 0.3 is 0 Å². The van der Waals surface area contributed by atoms with Crippen molar-refractivity contribution in [3.63, 3.8) is 0 Å². The number of azo groups is 1. The van der Waals surface area contributed by atoms with Crippen molar-refractivity contribution >= 4 is 42.4 Å². The van der Waals surface area contributed by atoms with Gasteiger partial charge in [-0.3, -0.25) is 9.11 Å². The van der Waals surface area contributed by atoms with Gasteiger partial charge < -0.3 is 9.84 Å². The van der Waals surface area contributed by atoms with Gasteiger partial charge in [-0.2, -0.15) is 21.9 Å². The summed E-state index contributed by atoms with van der Waals surface area (Å²) in [5.74, 6) is 0.0406. The summed E-state index contributed by atoms with van der Waals surface area (Å²) in [5.41, 5.74) is 0.295. The fraction of sp³-hybridized carbons (Fsp3) is 0.0588. The molecule has 0 radical (unpaired) electrons. The fourth-order valence-corrected chi connectivity index (χ4v) is 3.99. The highest BCUT2D eigenvalue weighted by molar-refractivity contribution is 7.86. The van der Waals surface area contributed by atoms with Gasteiger partial charge in [0.1, 0.15) is 4.90 Å². The molecule has 0 spiro atoms. The zero-order valence-electron chi connectivity index (χ0n) is 14.7. The predicted molar refractivity (Wildman–Crippen MR) is 102 cm³/mol. The second kappa shape index (κ2) is 7.40. The molecule has 0 aliphatic rings. The highest BCUT2D eigenvalue weighted by Gasteiger charge is 2.22. The molecular weight excluding hydrogens is 424 g/mol. The summed E-state index contributed by atoms with van der Waals surface area (Å²) in [6.07, 6.45) is 0. The van der Waals surface area contributed by atoms with Crippen LogP contribution in [-0.2, 0) is 20.2 Å². The molecule has 29 heavy (non-hydrogen) atoms. The van der Waals surface area contributed by atoms with Crippen molar-refractivity contribution in [3.8, 4) is 11.5 Å². The predicted octanol–water partition coefficient (Wildman–Crippen LogP) is 3.46. The van der Waals surface area contributed by atoms with Crippen LogP contribution in [-0.4, -0.2) is 38.2 Å². The first-order chi connectivity index (χ1) is 13.5. The molecule has 3 N–H and O–H groups in total. The number of hydrogen-bond acceptors (Lipinski definition) is 8. The van der Waals surface area contributed by atoms with Gasteiger partial charge in [-0.15, -0.1) is 5.11 Å². The van der Waals surface area contributed by atoms with Crippen LogP contribution in [0.3, 0.4) is 0 Å². The molecule has 152 valence electrons. The van der Waals surface area contributed by atoms with E-state index in [4.69, 9.17) is 4.74 Å². The van der Waals surface area contributed by atoms with Gasteiger partial charge in [0, 0.05) is 11.5 Å². The molecule has 0 unspecified atom stereocenters. The van der Waals surface area contributed by atoms with E-state index in [1.807, 2.05) is 0 Å². The molecule has 0 heterocycles. The number of fused-ring (bicyclic) bond motifs is 1. The summed E-state index contributed by atoms with van der Waals surface area (Å²) < 4.78 is 70.4. The molecule has 0 atom stereocenters. The number of aromatic hydroxyl groups is 1. The summed E-state index contributed by atoms with van der Waals surface area (Å²) >= 11 is 0. The van der Waals surface area contributed by atoms with E-state index in [2.05, 4.69) is 10.2 Å². The van der Waals surface area contributed by atoms with Gasteiger partial charge in [-0.25, -0.2) is 0 Å². The Balaban J connectivity index is 2.24. The Hall–Kier alpha value is -3.06. The third-order valence-corrected chi connectivity index (χ3v) is 5.61. The molecule has 3 aromatic carbocycles. The lowest BCUT2D eigenvalue weighted by Gasteiger charge is -2.09. The molecule has 10 nitrogen and oxygen atoms in total. The molecule has 0 saturated carbocycles. The lowest BCUT2D eigenvalue weighted by atomic mass is 10.1. The topological polar surface area (TPSA) is 163 Å². The first-order valence-corrected chi connectivity index (χ1v) is 10.7. The van der Waals surface area contributed by atoms with Gasteiger partial charge in [0.2, 0.25) is 0 Å². The minimum atomic E-state index is -4.86. The summed E-state index contributed by atoms with van der Waals surface area (Å²) in [5, 5.41) is 17.6. The number of benzene rings is 3. The van der Waals surface area contributed by atoms with Crippen LogP contribution in [0.25, 0.3) is 10.8 Å². The third kappa shape index (κ3) is 4.35. The zero-order valence-corrected chi connectivity index (χ0v) is 16.3. The molecule has 0 aliphatic heterocycles. The summed E-state index contributed by atoms with van der Waals surface area (Å²) in [6.45, 7) is 0. The smallest absolute Gasteiger partial charge is 0.295 e. The minimum Gasteiger partial charge on any atom is -0.504 e. The second-order valence-corrected chi connectivity index (χ2v) is 8.61. The maximum atomic E-state index is 11.8. The van der Waals surface area contributed by atoms with Gasteiger partial charge in [-0.1, -0.05) is 12.1 Å². The van der Waals surface area contributed by atoms with Gasteiger partial charge in [0.05, 0.1) is 23.4 Å². The molecule has 0 saturated heterocycles. The average molecular weight is 438 g/mol. The van der Waals surface area contributed by atoms with Crippen LogP contribution in [0.15, 0.2) is 68.6 Å². The zero-order chi connectivity index (χ0) is 21.4. The molecule has 3 rings (SSSR count). The number of rotatable bonds is 5. The first kappa shape index (κ1) is 20.7. The van der Waals surface area contributed by atoms with Crippen LogP contribution < -0.4 is 4.74 Å². The second-order valence-electron chi connectivity index (χ2n) is 5.80. The van der Waals surface area contributed by atoms with Crippen molar-refractivity contribution in [2.45, 2.75) is 9.79 Å². The Morgan fingerprint density at radius 1 is 0.897 bits per heavy atom. The lowest BCUT2D eigenvalue weighted by molar-refractivity contribution is 0.373. The standard InChI is InChI=1S/C17H14N2O8S2/c1-27-15-8-11(5-6-14(15)20)18-19-13-4-2-3-10-7-12(28(21,22)23)9-16(17(10)13)29(24,25)26/h2-9,20H,1H3,(H,21,22,23)(H,24,25,26). The van der Waals surface area contributed by atoms with Crippen molar-refractivity contribution < 1.29 is 35.8 Å². The largest absolute Gasteiger partial charge is 0.504 e. The molecule has 0 aliphatic carbocycles. The Bertz CT molecular complexity index is 1350. The lowest BCUT2D eigenvalue weighted by Crippen LogP contribution is -2.04. The highest BCUT2D eigenvalue weighted by atomic mass is 32.2. The monoisotopic (exact) mass is 438 g/mol. The van der Waals surface area contributed by atoms with E-state index >= 15 is 0 Å². The number of methoxy groups -OCH3 is 1. The highest BCUT2D eigenvalue weighted by Crippen LogP contribution is 2.36. The number of nitrogens with zero attached hydrogens (tertiary/aromatic N) is 2. The van der Waals surface area contributed by atoms with Crippen LogP contribution in [0.5, 0.6) is 11.5 Å². The molecule has 3 aromatic rings. The van der Waals surface area contributed by atoms with E-state index in [9.17, 15) is 31.0 Å². The maximum absolute atomic E-state index is 11.8. The van der Waals surface area contributed by atoms with E-state index in [0.717, 1.165) is 6.07 Å². The van der Waals surface area contributed by atoms with E-state index in [0.29, 0.717) is 6.07 Å². The van der Waals surface area contributed by atoms with Crippen molar-refractivity contribution in [2.75, 3.05) is 7.11 Å². The van der Waals surface area contributed by atoms with Crippen LogP contribution in [0.1, 0.15) is 0 Å². The fourth-order valence-electron chi connectivity index (χ4n) is 2.62. The van der Waals surface area contributed by atoms with Crippen LogP contribution in [0, 0.1) is 0 Å². The Kier molecular flexibility index (Phi) is 5.28. The number of ether oxygens (including phenoxy) is 1. The Morgan fingerprint density at radius 3 is 2.24 bits per heavy atom. The Morgan fingerprint density at radius 2 is 1.62 bits per heavy atom. The average Bonchev–Trinajstić information content (AvgIpc) is 2.64. The minimum absolute atomic E-state index is 0.0176. The first-order valence-electron chi connectivity index (χ1n) is 7.81. The van der Waals surface area contributed by atoms with E-state index in [-0.39, 0.29) is 33.6 Å². The van der Waals surface area contributed by atoms with Crippen molar-refractivity contribution in [1.82, 2.24) is 0 Å². The summed E-state index contributed by atoms with van der Waals surface area (Å²) in [6, 6.07) is 10.1. The normalized spacial score (nSPS) is 12.5.